The van der Waals surface area contributed by atoms with Crippen LogP contribution >= 0.6 is 0 Å². The normalized spacial score (nSPS) is 11.7. The van der Waals surface area contributed by atoms with Crippen LogP contribution in [-0.4, -0.2) is 21.4 Å². The van der Waals surface area contributed by atoms with E-state index in [1.807, 2.05) is 0 Å². The highest BCUT2D eigenvalue weighted by molar-refractivity contribution is 7.92. The summed E-state index contributed by atoms with van der Waals surface area (Å²) in [6.07, 6.45) is 0. The van der Waals surface area contributed by atoms with Crippen LogP contribution in [0.1, 0.15) is 0 Å². The minimum Gasteiger partial charge on any atom is -0.457 e. The molecule has 5 N–H and O–H groups in total. The van der Waals surface area contributed by atoms with Gasteiger partial charge in [-0.2, -0.15) is 8.42 Å². The van der Waals surface area contributed by atoms with Crippen molar-refractivity contribution in [1.82, 2.24) is 0 Å². The molecule has 4 aromatic carbocycles. The van der Waals surface area contributed by atoms with E-state index < -0.39 is 29.7 Å². The molecule has 180 valence electrons. The van der Waals surface area contributed by atoms with Crippen LogP contribution in [0, 0.1) is 0 Å². The third-order valence-corrected chi connectivity index (χ3v) is 7.70. The van der Waals surface area contributed by atoms with Crippen LogP contribution in [-0.2, 0) is 20.0 Å². The average molecular weight is 513 g/mol. The van der Waals surface area contributed by atoms with E-state index in [1.54, 1.807) is 48.5 Å². The number of hydrogen-bond acceptors (Lipinski definition) is 8. The summed E-state index contributed by atoms with van der Waals surface area (Å²) < 4.78 is 71.5. The summed E-state index contributed by atoms with van der Waals surface area (Å²) in [4.78, 5) is -1.61. The van der Waals surface area contributed by atoms with E-state index in [2.05, 4.69) is 0 Å². The van der Waals surface area contributed by atoms with E-state index in [-0.39, 0.29) is 10.6 Å². The summed E-state index contributed by atoms with van der Waals surface area (Å²) in [5.74, 6) is 1.21. The number of sulfone groups is 1. The van der Waals surface area contributed by atoms with Gasteiger partial charge in [0.2, 0.25) is 9.84 Å². The van der Waals surface area contributed by atoms with Gasteiger partial charge in [-0.3, -0.25) is 4.55 Å². The molecule has 0 unspecified atom stereocenters. The lowest BCUT2D eigenvalue weighted by atomic mass is 10.3. The lowest BCUT2D eigenvalue weighted by molar-refractivity contribution is 0.468. The molecule has 0 radical (unpaired) electrons. The molecule has 0 atom stereocenters. The molecule has 9 nitrogen and oxygen atoms in total. The van der Waals surface area contributed by atoms with Crippen LogP contribution in [0.3, 0.4) is 0 Å². The van der Waals surface area contributed by atoms with E-state index in [1.165, 1.54) is 30.3 Å². The molecule has 0 aromatic heterocycles. The van der Waals surface area contributed by atoms with Crippen molar-refractivity contribution in [3.8, 4) is 23.0 Å². The molecule has 0 amide bonds. The first-order valence-electron chi connectivity index (χ1n) is 10.1. The molecule has 0 saturated carbocycles. The molecule has 0 bridgehead atoms. The molecule has 0 spiro atoms. The summed E-state index contributed by atoms with van der Waals surface area (Å²) in [5, 5.41) is 0. The fourth-order valence-electron chi connectivity index (χ4n) is 3.13. The van der Waals surface area contributed by atoms with Gasteiger partial charge in [0, 0.05) is 17.4 Å². The van der Waals surface area contributed by atoms with Crippen molar-refractivity contribution >= 4 is 31.3 Å². The molecule has 0 saturated heterocycles. The first kappa shape index (κ1) is 24.1. The maximum atomic E-state index is 13.2. The Labute approximate surface area is 202 Å². The smallest absolute Gasteiger partial charge is 0.295 e. The highest BCUT2D eigenvalue weighted by Crippen LogP contribution is 2.33. The van der Waals surface area contributed by atoms with Gasteiger partial charge in [-0.25, -0.2) is 8.42 Å². The summed E-state index contributed by atoms with van der Waals surface area (Å²) in [6.45, 7) is 0. The molecule has 11 heteroatoms. The average Bonchev–Trinajstić information content (AvgIpc) is 2.82. The Morgan fingerprint density at radius 2 is 0.943 bits per heavy atom. The van der Waals surface area contributed by atoms with Crippen LogP contribution in [0.2, 0.25) is 0 Å². The number of nitrogens with two attached hydrogens (primary N) is 2. The first-order chi connectivity index (χ1) is 16.5. The Morgan fingerprint density at radius 3 is 1.40 bits per heavy atom. The molecule has 4 aromatic rings. The van der Waals surface area contributed by atoms with Gasteiger partial charge in [-0.15, -0.1) is 0 Å². The van der Waals surface area contributed by atoms with Gasteiger partial charge in [-0.1, -0.05) is 0 Å². The minimum atomic E-state index is -4.91. The zero-order valence-electron chi connectivity index (χ0n) is 18.0. The van der Waals surface area contributed by atoms with E-state index in [0.717, 1.165) is 12.1 Å². The van der Waals surface area contributed by atoms with Gasteiger partial charge in [0.15, 0.2) is 0 Å². The van der Waals surface area contributed by atoms with Crippen molar-refractivity contribution in [2.24, 2.45) is 0 Å². The summed E-state index contributed by atoms with van der Waals surface area (Å²) >= 11 is 0. The van der Waals surface area contributed by atoms with Gasteiger partial charge in [-0.05, 0) is 84.9 Å². The number of ether oxygens (including phenoxy) is 2. The highest BCUT2D eigenvalue weighted by Gasteiger charge is 2.28. The highest BCUT2D eigenvalue weighted by atomic mass is 32.2. The second-order valence-electron chi connectivity index (χ2n) is 7.40. The first-order valence-corrected chi connectivity index (χ1v) is 13.0. The fraction of sp³-hybridized carbons (Fsp3) is 0. The van der Waals surface area contributed by atoms with Crippen molar-refractivity contribution < 1.29 is 30.9 Å². The molecular weight excluding hydrogens is 492 g/mol. The second-order valence-corrected chi connectivity index (χ2v) is 10.7. The van der Waals surface area contributed by atoms with E-state index in [9.17, 15) is 21.4 Å². The van der Waals surface area contributed by atoms with Crippen molar-refractivity contribution in [2.75, 3.05) is 11.5 Å². The van der Waals surface area contributed by atoms with Crippen molar-refractivity contribution in [2.45, 2.75) is 14.7 Å². The standard InChI is InChI=1S/C24H20N2O7S2/c25-16-1-5-18(6-2-16)32-20-9-12-22(13-10-20)34(27,28)23-14-11-21(15-24(23)35(29,30)31)33-19-7-3-17(26)4-8-19/h1-15H,25-26H2,(H,29,30,31). The van der Waals surface area contributed by atoms with Gasteiger partial charge in [0.25, 0.3) is 10.1 Å². The fourth-order valence-corrected chi connectivity index (χ4v) is 5.68. The van der Waals surface area contributed by atoms with Crippen molar-refractivity contribution in [3.63, 3.8) is 0 Å². The SMILES string of the molecule is Nc1ccc(Oc2ccc(S(=O)(=O)c3ccc(Oc4ccc(N)cc4)cc3S(=O)(=O)O)cc2)cc1. The van der Waals surface area contributed by atoms with Gasteiger partial charge >= 0.3 is 0 Å². The zero-order chi connectivity index (χ0) is 25.2. The van der Waals surface area contributed by atoms with E-state index in [0.29, 0.717) is 28.6 Å². The Morgan fingerprint density at radius 1 is 0.543 bits per heavy atom. The monoisotopic (exact) mass is 512 g/mol. The van der Waals surface area contributed by atoms with Gasteiger partial charge < -0.3 is 20.9 Å². The van der Waals surface area contributed by atoms with Crippen LogP contribution in [0.4, 0.5) is 11.4 Å². The quantitative estimate of drug-likeness (QED) is 0.239. The van der Waals surface area contributed by atoms with Crippen LogP contribution in [0.15, 0.2) is 106 Å². The number of anilines is 2. The lowest BCUT2D eigenvalue weighted by Crippen LogP contribution is -2.10. The van der Waals surface area contributed by atoms with Gasteiger partial charge in [0.1, 0.15) is 27.9 Å². The molecule has 0 aliphatic heterocycles. The van der Waals surface area contributed by atoms with Crippen molar-refractivity contribution in [1.29, 1.82) is 0 Å². The Kier molecular flexibility index (Phi) is 6.39. The molecule has 0 aliphatic rings. The zero-order valence-corrected chi connectivity index (χ0v) is 19.7. The summed E-state index contributed by atoms with van der Waals surface area (Å²) in [5.41, 5.74) is 12.3. The Hall–Kier alpha value is -4.06. The minimum absolute atomic E-state index is 0.00796. The van der Waals surface area contributed by atoms with Crippen LogP contribution < -0.4 is 20.9 Å². The molecule has 0 aliphatic carbocycles. The number of benzene rings is 4. The predicted molar refractivity (Wildman–Crippen MR) is 130 cm³/mol. The Bertz CT molecular complexity index is 1570. The topological polar surface area (TPSA) is 159 Å². The molecule has 0 fully saturated rings. The Balaban J connectivity index is 1.65. The maximum absolute atomic E-state index is 13.2. The number of hydrogen-bond donors (Lipinski definition) is 3. The van der Waals surface area contributed by atoms with E-state index in [4.69, 9.17) is 20.9 Å². The summed E-state index contributed by atoms with van der Waals surface area (Å²) in [6, 6.07) is 21.6. The molecule has 4 rings (SSSR count). The lowest BCUT2D eigenvalue weighted by Gasteiger charge is -2.12. The third-order valence-electron chi connectivity index (χ3n) is 4.85. The van der Waals surface area contributed by atoms with Crippen LogP contribution in [0.5, 0.6) is 23.0 Å². The van der Waals surface area contributed by atoms with Gasteiger partial charge in [0.05, 0.1) is 9.79 Å². The number of nitrogen functional groups attached to an aromatic ring is 2. The second kappa shape index (κ2) is 9.29. The number of rotatable bonds is 7. The molecule has 35 heavy (non-hydrogen) atoms. The van der Waals surface area contributed by atoms with Crippen molar-refractivity contribution in [3.05, 3.63) is 91.0 Å². The van der Waals surface area contributed by atoms with E-state index >= 15 is 0 Å². The molecular formula is C24H20N2O7S2. The van der Waals surface area contributed by atoms with Crippen LogP contribution in [0.25, 0.3) is 0 Å². The largest absolute Gasteiger partial charge is 0.457 e. The third kappa shape index (κ3) is 5.54. The summed E-state index contributed by atoms with van der Waals surface area (Å²) in [7, 11) is -9.24. The predicted octanol–water partition coefficient (Wildman–Crippen LogP) is 4.52. The molecule has 0 heterocycles. The maximum Gasteiger partial charge on any atom is 0.295 e.